The minimum atomic E-state index is -0.584. The molecule has 1 N–H and O–H groups in total. The molecule has 1 saturated heterocycles. The van der Waals surface area contributed by atoms with Gasteiger partial charge in [0.05, 0.1) is 30.6 Å². The highest BCUT2D eigenvalue weighted by atomic mass is 35.5. The molecule has 8 nitrogen and oxygen atoms in total. The maximum atomic E-state index is 13.5. The largest absolute Gasteiger partial charge is 0.486 e. The number of aromatic nitrogens is 2. The summed E-state index contributed by atoms with van der Waals surface area (Å²) in [4.78, 5) is 35.8. The summed E-state index contributed by atoms with van der Waals surface area (Å²) in [5.41, 5.74) is -0.0634. The predicted octanol–water partition coefficient (Wildman–Crippen LogP) is 2.80. The second kappa shape index (κ2) is 8.53. The van der Waals surface area contributed by atoms with E-state index in [1.165, 1.54) is 18.3 Å². The molecule has 10 heteroatoms. The van der Waals surface area contributed by atoms with E-state index in [1.807, 2.05) is 0 Å². The van der Waals surface area contributed by atoms with Crippen LogP contribution >= 0.6 is 11.6 Å². The average molecular weight is 475 g/mol. The number of hydrogen-bond acceptors (Lipinski definition) is 7. The first kappa shape index (κ1) is 22.0. The van der Waals surface area contributed by atoms with Crippen LogP contribution in [-0.4, -0.2) is 60.1 Å². The summed E-state index contributed by atoms with van der Waals surface area (Å²) in [6.45, 7) is 2.58. The van der Waals surface area contributed by atoms with Crippen LogP contribution in [0.4, 0.5) is 10.2 Å². The van der Waals surface area contributed by atoms with Gasteiger partial charge < -0.3 is 19.7 Å². The van der Waals surface area contributed by atoms with Crippen molar-refractivity contribution in [2.45, 2.75) is 31.2 Å². The smallest absolute Gasteiger partial charge is 0.272 e. The van der Waals surface area contributed by atoms with Gasteiger partial charge in [-0.25, -0.2) is 9.37 Å². The molecule has 0 unspecified atom stereocenters. The molecule has 0 radical (unpaired) electrons. The van der Waals surface area contributed by atoms with Crippen molar-refractivity contribution in [1.82, 2.24) is 15.3 Å². The molecule has 2 bridgehead atoms. The van der Waals surface area contributed by atoms with Crippen LogP contribution in [0.5, 0.6) is 5.75 Å². The molecular formula is C23H24ClFN4O4. The van der Waals surface area contributed by atoms with Gasteiger partial charge in [-0.05, 0) is 36.8 Å². The summed E-state index contributed by atoms with van der Waals surface area (Å²) < 4.78 is 24.2. The highest BCUT2D eigenvalue weighted by molar-refractivity contribution is 6.30. The molecule has 1 aromatic heterocycles. The number of benzene rings is 1. The Morgan fingerprint density at radius 1 is 1.21 bits per heavy atom. The summed E-state index contributed by atoms with van der Waals surface area (Å²) in [6.07, 6.45) is 5.77. The molecule has 6 rings (SSSR count). The number of carbonyl (C=O) groups excluding carboxylic acids is 2. The molecule has 0 atom stereocenters. The normalized spacial score (nSPS) is 25.6. The van der Waals surface area contributed by atoms with E-state index >= 15 is 0 Å². The van der Waals surface area contributed by atoms with Gasteiger partial charge in [0.2, 0.25) is 0 Å². The zero-order chi connectivity index (χ0) is 23.1. The van der Waals surface area contributed by atoms with Gasteiger partial charge in [-0.3, -0.25) is 14.6 Å². The lowest BCUT2D eigenvalue weighted by molar-refractivity contribution is -0.162. The number of Topliss-reactive ketones (excluding diaryl/α,β-unsaturated/α-hetero) is 1. The zero-order valence-electron chi connectivity index (χ0n) is 18.0. The Hall–Kier alpha value is -2.78. The molecule has 2 heterocycles. The van der Waals surface area contributed by atoms with Crippen molar-refractivity contribution in [2.75, 3.05) is 37.8 Å². The zero-order valence-corrected chi connectivity index (χ0v) is 18.7. The lowest BCUT2D eigenvalue weighted by Crippen LogP contribution is -2.75. The van der Waals surface area contributed by atoms with Crippen LogP contribution in [0.3, 0.4) is 0 Å². The van der Waals surface area contributed by atoms with Gasteiger partial charge in [-0.2, -0.15) is 0 Å². The molecule has 3 saturated carbocycles. The van der Waals surface area contributed by atoms with Crippen molar-refractivity contribution >= 4 is 29.1 Å². The molecular weight excluding hydrogens is 451 g/mol. The Labute approximate surface area is 195 Å². The van der Waals surface area contributed by atoms with Gasteiger partial charge in [-0.15, -0.1) is 0 Å². The van der Waals surface area contributed by atoms with Crippen molar-refractivity contribution in [3.05, 3.63) is 47.1 Å². The number of carbonyl (C=O) groups is 2. The fourth-order valence-corrected chi connectivity index (χ4v) is 5.35. The van der Waals surface area contributed by atoms with Crippen LogP contribution in [0.25, 0.3) is 0 Å². The maximum absolute atomic E-state index is 13.5. The Bertz CT molecular complexity index is 1070. The number of nitrogens with zero attached hydrogens (tertiary/aromatic N) is 3. The minimum absolute atomic E-state index is 0.00805. The number of ketones is 1. The fraction of sp³-hybridized carbons (Fsp3) is 0.478. The van der Waals surface area contributed by atoms with E-state index in [-0.39, 0.29) is 45.7 Å². The number of amides is 1. The van der Waals surface area contributed by atoms with Gasteiger partial charge in [0.25, 0.3) is 5.91 Å². The van der Waals surface area contributed by atoms with E-state index in [9.17, 15) is 14.0 Å². The van der Waals surface area contributed by atoms with E-state index in [1.54, 1.807) is 6.20 Å². The summed E-state index contributed by atoms with van der Waals surface area (Å²) in [7, 11) is 0. The molecule has 0 spiro atoms. The van der Waals surface area contributed by atoms with Gasteiger partial charge in [-0.1, -0.05) is 11.6 Å². The molecule has 3 aliphatic carbocycles. The predicted molar refractivity (Wildman–Crippen MR) is 118 cm³/mol. The summed E-state index contributed by atoms with van der Waals surface area (Å²) in [5.74, 6) is 0.0662. The summed E-state index contributed by atoms with van der Waals surface area (Å²) >= 11 is 5.65. The van der Waals surface area contributed by atoms with Gasteiger partial charge in [0, 0.05) is 31.1 Å². The highest BCUT2D eigenvalue weighted by Crippen LogP contribution is 2.69. The number of halogens is 2. The first-order valence-corrected chi connectivity index (χ1v) is 11.3. The molecule has 1 aliphatic heterocycles. The van der Waals surface area contributed by atoms with E-state index in [0.717, 1.165) is 38.4 Å². The molecule has 1 aromatic carbocycles. The topological polar surface area (TPSA) is 93.6 Å². The molecule has 4 fully saturated rings. The Kier molecular flexibility index (Phi) is 5.70. The fourth-order valence-electron chi connectivity index (χ4n) is 5.23. The highest BCUT2D eigenvalue weighted by Gasteiger charge is 2.68. The van der Waals surface area contributed by atoms with Crippen LogP contribution in [0, 0.1) is 11.2 Å². The van der Waals surface area contributed by atoms with E-state index in [2.05, 4.69) is 20.2 Å². The molecule has 174 valence electrons. The van der Waals surface area contributed by atoms with Crippen LogP contribution in [0.1, 0.15) is 36.2 Å². The third-order valence-corrected chi connectivity index (χ3v) is 6.88. The standard InChI is InChI=1S/C23H24ClFN4O4/c24-17-2-1-16(7-18(17)25)33-11-15(30)8-22-12-23(13-22,14-22)28-21(31)19-9-26-10-20(27-19)29-3-5-32-6-4-29/h1-2,7,9-10H,3-6,8,11-14H2,(H,28,31). The molecule has 4 aliphatic rings. The average Bonchev–Trinajstić information content (AvgIpc) is 2.78. The third-order valence-electron chi connectivity index (χ3n) is 6.57. The quantitative estimate of drug-likeness (QED) is 0.628. The monoisotopic (exact) mass is 474 g/mol. The van der Waals surface area contributed by atoms with Gasteiger partial charge in [0.1, 0.15) is 29.7 Å². The first-order valence-electron chi connectivity index (χ1n) is 10.9. The second-order valence-electron chi connectivity index (χ2n) is 9.21. The summed E-state index contributed by atoms with van der Waals surface area (Å²) in [6, 6.07) is 4.09. The van der Waals surface area contributed by atoms with E-state index in [0.29, 0.717) is 25.5 Å². The number of ether oxygens (including phenoxy) is 2. The van der Waals surface area contributed by atoms with Gasteiger partial charge >= 0.3 is 0 Å². The van der Waals surface area contributed by atoms with Crippen molar-refractivity contribution in [3.63, 3.8) is 0 Å². The van der Waals surface area contributed by atoms with Crippen molar-refractivity contribution in [3.8, 4) is 5.75 Å². The lowest BCUT2D eigenvalue weighted by Gasteiger charge is -2.70. The lowest BCUT2D eigenvalue weighted by atomic mass is 9.38. The van der Waals surface area contributed by atoms with Crippen molar-refractivity contribution < 1.29 is 23.5 Å². The second-order valence-corrected chi connectivity index (χ2v) is 9.61. The Balaban J connectivity index is 1.10. The van der Waals surface area contributed by atoms with Crippen LogP contribution in [0.15, 0.2) is 30.6 Å². The molecule has 33 heavy (non-hydrogen) atoms. The number of hydrogen-bond donors (Lipinski definition) is 1. The molecule has 2 aromatic rings. The summed E-state index contributed by atoms with van der Waals surface area (Å²) in [5, 5.41) is 3.10. The maximum Gasteiger partial charge on any atom is 0.272 e. The molecule has 1 amide bonds. The van der Waals surface area contributed by atoms with Crippen molar-refractivity contribution in [2.24, 2.45) is 5.41 Å². The minimum Gasteiger partial charge on any atom is -0.486 e. The van der Waals surface area contributed by atoms with Crippen molar-refractivity contribution in [1.29, 1.82) is 0 Å². The van der Waals surface area contributed by atoms with E-state index < -0.39 is 5.82 Å². The number of morpholine rings is 1. The van der Waals surface area contributed by atoms with Crippen LogP contribution < -0.4 is 15.0 Å². The SMILES string of the molecule is O=C(COc1ccc(Cl)c(F)c1)CC12CC(NC(=O)c3cncc(N4CCOCC4)n3)(C1)C2. The number of anilines is 1. The third kappa shape index (κ3) is 4.52. The van der Waals surface area contributed by atoms with Crippen LogP contribution in [0.2, 0.25) is 5.02 Å². The van der Waals surface area contributed by atoms with E-state index in [4.69, 9.17) is 21.1 Å². The van der Waals surface area contributed by atoms with Gasteiger partial charge in [0.15, 0.2) is 5.78 Å². The number of nitrogens with one attached hydrogen (secondary N) is 1. The Morgan fingerprint density at radius 2 is 1.97 bits per heavy atom. The van der Waals surface area contributed by atoms with Crippen LogP contribution in [-0.2, 0) is 9.53 Å². The Morgan fingerprint density at radius 3 is 2.70 bits per heavy atom. The number of rotatable bonds is 8. The first-order chi connectivity index (χ1) is 15.9.